The van der Waals surface area contributed by atoms with E-state index in [-0.39, 0.29) is 49.0 Å². The van der Waals surface area contributed by atoms with E-state index in [1.807, 2.05) is 13.8 Å². The Morgan fingerprint density at radius 3 is 2.60 bits per heavy atom. The maximum atomic E-state index is 14.1. The topological polar surface area (TPSA) is 164 Å². The molecule has 1 aromatic carbocycles. The van der Waals surface area contributed by atoms with Crippen molar-refractivity contribution in [2.45, 2.75) is 72.1 Å². The molecular weight excluding hydrogens is 578 g/mol. The van der Waals surface area contributed by atoms with E-state index in [9.17, 15) is 23.1 Å². The number of carbonyl (C=O) groups is 2. The number of sulfonamides is 1. The van der Waals surface area contributed by atoms with Crippen molar-refractivity contribution in [1.82, 2.24) is 15.0 Å². The molecule has 3 rings (SSSR count). The average Bonchev–Trinajstić information content (AvgIpc) is 3.25. The normalized spacial score (nSPS) is 21.3. The maximum Gasteiger partial charge on any atom is 0.321 e. The fourth-order valence-corrected chi connectivity index (χ4v) is 5.43. The van der Waals surface area contributed by atoms with Gasteiger partial charge in [0.05, 0.1) is 36.7 Å². The summed E-state index contributed by atoms with van der Waals surface area (Å²) in [5, 5.41) is 16.8. The lowest BCUT2D eigenvalue weighted by Crippen LogP contribution is -2.48. The van der Waals surface area contributed by atoms with E-state index in [0.717, 1.165) is 19.1 Å². The third-order valence-electron chi connectivity index (χ3n) is 7.42. The monoisotopic (exact) mass is 623 g/mol. The van der Waals surface area contributed by atoms with Crippen LogP contribution in [0.25, 0.3) is 0 Å². The van der Waals surface area contributed by atoms with Crippen LogP contribution in [0, 0.1) is 19.8 Å². The number of benzene rings is 1. The SMILES string of the molecule is Cc1noc(C)c1NC(=O)N(C)C[C@@H]1OCCCC[C@@H](C)Oc2ccc(NS(C)(=O)=O)cc2C(=O)N([C@H](C)CO)C[C@@H]1C. The fraction of sp³-hybridized carbons (Fsp3) is 0.621. The van der Waals surface area contributed by atoms with Crippen LogP contribution in [0.5, 0.6) is 5.75 Å². The number of anilines is 2. The van der Waals surface area contributed by atoms with Crippen LogP contribution in [0.4, 0.5) is 16.2 Å². The molecule has 14 heteroatoms. The van der Waals surface area contributed by atoms with Crippen molar-refractivity contribution in [3.8, 4) is 5.75 Å². The zero-order valence-corrected chi connectivity index (χ0v) is 26.9. The summed E-state index contributed by atoms with van der Waals surface area (Å²) in [7, 11) is -1.92. The molecule has 0 saturated heterocycles. The van der Waals surface area contributed by atoms with Crippen LogP contribution in [-0.2, 0) is 14.8 Å². The van der Waals surface area contributed by atoms with Crippen molar-refractivity contribution in [3.05, 3.63) is 35.2 Å². The number of hydrogen-bond acceptors (Lipinski definition) is 9. The molecule has 2 heterocycles. The molecule has 4 atom stereocenters. The van der Waals surface area contributed by atoms with Gasteiger partial charge in [0.25, 0.3) is 5.91 Å². The maximum absolute atomic E-state index is 14.1. The number of ether oxygens (including phenoxy) is 2. The van der Waals surface area contributed by atoms with E-state index >= 15 is 0 Å². The first-order valence-electron chi connectivity index (χ1n) is 14.5. The summed E-state index contributed by atoms with van der Waals surface area (Å²) >= 11 is 0. The predicted molar refractivity (Wildman–Crippen MR) is 163 cm³/mol. The zero-order valence-electron chi connectivity index (χ0n) is 26.0. The smallest absolute Gasteiger partial charge is 0.321 e. The Morgan fingerprint density at radius 1 is 1.26 bits per heavy atom. The molecule has 0 bridgehead atoms. The summed E-state index contributed by atoms with van der Waals surface area (Å²) < 4.78 is 43.9. The second-order valence-corrected chi connectivity index (χ2v) is 13.1. The molecule has 13 nitrogen and oxygen atoms in total. The van der Waals surface area contributed by atoms with E-state index in [1.54, 1.807) is 40.0 Å². The standard InChI is InChI=1S/C29H45N5O8S/c1-18-15-34(19(2)17-35)28(36)24-14-23(32-43(7,38)39)11-12-25(24)41-20(3)10-8-9-13-40-26(18)16-33(6)29(37)30-27-21(4)31-42-22(27)5/h11-12,14,18-20,26,32,35H,8-10,13,15-17H2,1-7H3,(H,30,37)/t18-,19+,20+,26-/m0/s1. The van der Waals surface area contributed by atoms with E-state index in [4.69, 9.17) is 14.0 Å². The lowest BCUT2D eigenvalue weighted by Gasteiger charge is -2.35. The molecule has 0 saturated carbocycles. The number of carbonyl (C=O) groups excluding carboxylic acids is 2. The van der Waals surface area contributed by atoms with Gasteiger partial charge in [-0.1, -0.05) is 12.1 Å². The Bertz CT molecular complexity index is 1350. The third-order valence-corrected chi connectivity index (χ3v) is 8.03. The first kappa shape index (κ1) is 34.1. The van der Waals surface area contributed by atoms with Crippen LogP contribution < -0.4 is 14.8 Å². The van der Waals surface area contributed by atoms with E-state index in [1.165, 1.54) is 15.9 Å². The van der Waals surface area contributed by atoms with Gasteiger partial charge >= 0.3 is 6.03 Å². The molecule has 240 valence electrons. The molecule has 1 aromatic heterocycles. The Kier molecular flexibility index (Phi) is 11.8. The number of rotatable bonds is 7. The highest BCUT2D eigenvalue weighted by Gasteiger charge is 2.31. The van der Waals surface area contributed by atoms with E-state index < -0.39 is 28.1 Å². The van der Waals surface area contributed by atoms with Gasteiger partial charge in [-0.05, 0) is 65.2 Å². The number of likely N-dealkylation sites (N-methyl/N-ethyl adjacent to an activating group) is 1. The van der Waals surface area contributed by atoms with Crippen LogP contribution in [0.2, 0.25) is 0 Å². The highest BCUT2D eigenvalue weighted by atomic mass is 32.2. The quantitative estimate of drug-likeness (QED) is 0.418. The van der Waals surface area contributed by atoms with Crippen LogP contribution in [-0.4, -0.2) is 98.3 Å². The molecule has 3 amide bonds. The van der Waals surface area contributed by atoms with Crippen molar-refractivity contribution in [1.29, 1.82) is 0 Å². The third kappa shape index (κ3) is 9.57. The molecule has 0 aliphatic carbocycles. The summed E-state index contributed by atoms with van der Waals surface area (Å²) in [6.07, 6.45) is 2.67. The van der Waals surface area contributed by atoms with Crippen LogP contribution >= 0.6 is 0 Å². The van der Waals surface area contributed by atoms with Gasteiger partial charge in [-0.2, -0.15) is 0 Å². The highest BCUT2D eigenvalue weighted by molar-refractivity contribution is 7.92. The average molecular weight is 624 g/mol. The Labute approximate surface area is 253 Å². The lowest BCUT2D eigenvalue weighted by molar-refractivity contribution is -0.0115. The molecule has 3 N–H and O–H groups in total. The van der Waals surface area contributed by atoms with Crippen molar-refractivity contribution < 1.29 is 37.1 Å². The number of nitrogens with zero attached hydrogens (tertiary/aromatic N) is 3. The van der Waals surface area contributed by atoms with Gasteiger partial charge in [0.1, 0.15) is 17.1 Å². The van der Waals surface area contributed by atoms with Crippen LogP contribution in [0.1, 0.15) is 61.8 Å². The van der Waals surface area contributed by atoms with Gasteiger partial charge in [0.2, 0.25) is 10.0 Å². The first-order chi connectivity index (χ1) is 20.2. The van der Waals surface area contributed by atoms with Crippen molar-refractivity contribution >= 4 is 33.3 Å². The number of amides is 3. The molecule has 2 aromatic rings. The zero-order chi connectivity index (χ0) is 31.9. The second-order valence-electron chi connectivity index (χ2n) is 11.4. The lowest BCUT2D eigenvalue weighted by atomic mass is 10.0. The number of fused-ring (bicyclic) bond motifs is 1. The fourth-order valence-electron chi connectivity index (χ4n) is 4.88. The Morgan fingerprint density at radius 2 is 1.98 bits per heavy atom. The number of aliphatic hydroxyl groups excluding tert-OH is 1. The Balaban J connectivity index is 1.92. The number of aryl methyl sites for hydroxylation is 2. The Hall–Kier alpha value is -3.36. The molecular formula is C29H45N5O8S. The van der Waals surface area contributed by atoms with Gasteiger partial charge in [-0.3, -0.25) is 9.52 Å². The number of nitrogens with one attached hydrogen (secondary N) is 2. The molecule has 43 heavy (non-hydrogen) atoms. The van der Waals surface area contributed by atoms with Gasteiger partial charge in [-0.15, -0.1) is 0 Å². The number of hydrogen-bond donors (Lipinski definition) is 3. The highest BCUT2D eigenvalue weighted by Crippen LogP contribution is 2.29. The summed E-state index contributed by atoms with van der Waals surface area (Å²) in [5.41, 5.74) is 1.50. The van der Waals surface area contributed by atoms with Gasteiger partial charge in [-0.25, -0.2) is 13.2 Å². The van der Waals surface area contributed by atoms with Crippen LogP contribution in [0.3, 0.4) is 0 Å². The summed E-state index contributed by atoms with van der Waals surface area (Å²) in [5.74, 6) is 0.159. The number of urea groups is 1. The molecule has 1 aliphatic rings. The van der Waals surface area contributed by atoms with Crippen molar-refractivity contribution in [2.75, 3.05) is 49.6 Å². The molecule has 0 spiro atoms. The second kappa shape index (κ2) is 14.9. The van der Waals surface area contributed by atoms with Gasteiger partial charge in [0, 0.05) is 38.3 Å². The van der Waals surface area contributed by atoms with Crippen LogP contribution in [0.15, 0.2) is 22.7 Å². The molecule has 1 aliphatic heterocycles. The first-order valence-corrected chi connectivity index (χ1v) is 16.4. The number of aliphatic hydroxyl groups is 1. The van der Waals surface area contributed by atoms with Crippen molar-refractivity contribution in [2.24, 2.45) is 5.92 Å². The summed E-state index contributed by atoms with van der Waals surface area (Å²) in [6.45, 7) is 9.64. The largest absolute Gasteiger partial charge is 0.490 e. The predicted octanol–water partition coefficient (Wildman–Crippen LogP) is 3.62. The minimum absolute atomic E-state index is 0.179. The summed E-state index contributed by atoms with van der Waals surface area (Å²) in [6, 6.07) is 3.68. The van der Waals surface area contributed by atoms with Gasteiger partial charge in [0.15, 0.2) is 5.76 Å². The number of aromatic nitrogens is 1. The minimum atomic E-state index is -3.59. The summed E-state index contributed by atoms with van der Waals surface area (Å²) in [4.78, 5) is 30.2. The van der Waals surface area contributed by atoms with Gasteiger partial charge < -0.3 is 34.2 Å². The minimum Gasteiger partial charge on any atom is -0.490 e. The van der Waals surface area contributed by atoms with E-state index in [2.05, 4.69) is 15.2 Å². The molecule has 0 radical (unpaired) electrons. The van der Waals surface area contributed by atoms with E-state index in [0.29, 0.717) is 35.9 Å². The van der Waals surface area contributed by atoms with Crippen molar-refractivity contribution in [3.63, 3.8) is 0 Å². The molecule has 0 unspecified atom stereocenters. The molecule has 0 fully saturated rings.